The molecule has 2 heterocycles. The lowest BCUT2D eigenvalue weighted by molar-refractivity contribution is 0.293. The first-order valence-electron chi connectivity index (χ1n) is 10.00. The molecule has 162 valence electrons. The third kappa shape index (κ3) is 4.22. The van der Waals surface area contributed by atoms with Crippen molar-refractivity contribution in [1.82, 2.24) is 4.90 Å². The van der Waals surface area contributed by atoms with Crippen LogP contribution in [0.25, 0.3) is 16.5 Å². The number of methoxy groups -OCH3 is 3. The molecule has 0 fully saturated rings. The van der Waals surface area contributed by atoms with Crippen LogP contribution < -0.4 is 19.8 Å². The fourth-order valence-electron chi connectivity index (χ4n) is 3.99. The second-order valence-electron chi connectivity index (χ2n) is 7.39. The van der Waals surface area contributed by atoms with Crippen molar-refractivity contribution in [1.29, 1.82) is 0 Å². The fourth-order valence-corrected chi connectivity index (χ4v) is 3.99. The lowest BCUT2D eigenvalue weighted by Gasteiger charge is -2.28. The van der Waals surface area contributed by atoms with Gasteiger partial charge in [0.05, 0.1) is 26.9 Å². The van der Waals surface area contributed by atoms with Crippen molar-refractivity contribution in [2.75, 3.05) is 34.4 Å². The topological polar surface area (TPSA) is 81.4 Å². The first-order chi connectivity index (χ1) is 15.0. The summed E-state index contributed by atoms with van der Waals surface area (Å²) >= 11 is 0. The lowest BCUT2D eigenvalue weighted by Crippen LogP contribution is -2.28. The number of aromatic hydroxyl groups is 1. The second-order valence-corrected chi connectivity index (χ2v) is 7.39. The summed E-state index contributed by atoms with van der Waals surface area (Å²) < 4.78 is 21.8. The van der Waals surface area contributed by atoms with Gasteiger partial charge in [0.25, 0.3) is 0 Å². The normalized spacial score (nSPS) is 14.4. The van der Waals surface area contributed by atoms with E-state index in [1.807, 2.05) is 12.1 Å². The van der Waals surface area contributed by atoms with E-state index < -0.39 is 5.63 Å². The highest BCUT2D eigenvalue weighted by molar-refractivity contribution is 5.81. The van der Waals surface area contributed by atoms with E-state index in [4.69, 9.17) is 18.6 Å². The number of rotatable bonds is 6. The van der Waals surface area contributed by atoms with E-state index in [9.17, 15) is 9.90 Å². The van der Waals surface area contributed by atoms with E-state index in [-0.39, 0.29) is 5.75 Å². The molecule has 0 saturated carbocycles. The summed E-state index contributed by atoms with van der Waals surface area (Å²) in [6, 6.07) is 10.1. The van der Waals surface area contributed by atoms with Gasteiger partial charge in [-0.25, -0.2) is 4.79 Å². The smallest absolute Gasteiger partial charge is 0.336 e. The molecule has 31 heavy (non-hydrogen) atoms. The maximum Gasteiger partial charge on any atom is 0.336 e. The zero-order valence-electron chi connectivity index (χ0n) is 17.8. The number of fused-ring (bicyclic) bond motifs is 1. The summed E-state index contributed by atoms with van der Waals surface area (Å²) in [6.45, 7) is 2.13. The quantitative estimate of drug-likeness (QED) is 0.604. The molecule has 0 aliphatic carbocycles. The van der Waals surface area contributed by atoms with Gasteiger partial charge in [-0.2, -0.15) is 0 Å². The second kappa shape index (κ2) is 8.73. The maximum absolute atomic E-state index is 12.0. The molecule has 0 radical (unpaired) electrons. The molecule has 0 spiro atoms. The predicted molar refractivity (Wildman–Crippen MR) is 118 cm³/mol. The van der Waals surface area contributed by atoms with Crippen molar-refractivity contribution in [2.45, 2.75) is 13.0 Å². The molecule has 3 aromatic rings. The Hall–Kier alpha value is -3.45. The van der Waals surface area contributed by atoms with Gasteiger partial charge in [0.1, 0.15) is 28.6 Å². The standard InChI is InChI=1S/C24H25NO6/c1-28-18-12-21(29-2)24(22(13-18)30-3)15-6-8-25(9-7-15)14-16-10-23(27)31-20-11-17(26)4-5-19(16)20/h4-6,10-13,26H,7-9,14H2,1-3H3. The van der Waals surface area contributed by atoms with Crippen molar-refractivity contribution >= 4 is 16.5 Å². The molecule has 0 saturated heterocycles. The molecule has 0 amide bonds. The Bertz CT molecular complexity index is 1170. The van der Waals surface area contributed by atoms with E-state index in [1.54, 1.807) is 33.5 Å². The Morgan fingerprint density at radius 3 is 2.39 bits per heavy atom. The summed E-state index contributed by atoms with van der Waals surface area (Å²) in [7, 11) is 4.88. The molecule has 2 aromatic carbocycles. The number of hydrogen-bond acceptors (Lipinski definition) is 7. The van der Waals surface area contributed by atoms with Crippen LogP contribution in [0, 0.1) is 0 Å². The zero-order valence-corrected chi connectivity index (χ0v) is 17.8. The average Bonchev–Trinajstić information content (AvgIpc) is 2.78. The number of hydrogen-bond donors (Lipinski definition) is 1. The van der Waals surface area contributed by atoms with Crippen molar-refractivity contribution in [2.24, 2.45) is 0 Å². The van der Waals surface area contributed by atoms with E-state index in [2.05, 4.69) is 11.0 Å². The van der Waals surface area contributed by atoms with Crippen LogP contribution in [0.4, 0.5) is 0 Å². The Balaban J connectivity index is 1.60. The molecule has 7 heteroatoms. The van der Waals surface area contributed by atoms with Crippen molar-refractivity contribution in [3.8, 4) is 23.0 Å². The molecule has 1 aliphatic rings. The SMILES string of the molecule is COc1cc(OC)c(C2=CCN(Cc3cc(=O)oc4cc(O)ccc34)CC2)c(OC)c1. The van der Waals surface area contributed by atoms with Gasteiger partial charge < -0.3 is 23.7 Å². The van der Waals surface area contributed by atoms with Crippen molar-refractivity contribution in [3.05, 3.63) is 64.0 Å². The average molecular weight is 423 g/mol. The van der Waals surface area contributed by atoms with E-state index >= 15 is 0 Å². The van der Waals surface area contributed by atoms with Crippen LogP contribution in [0.3, 0.4) is 0 Å². The first-order valence-corrected chi connectivity index (χ1v) is 10.00. The molecular weight excluding hydrogens is 398 g/mol. The van der Waals surface area contributed by atoms with Crippen LogP contribution in [-0.2, 0) is 6.54 Å². The third-order valence-electron chi connectivity index (χ3n) is 5.54. The van der Waals surface area contributed by atoms with Crippen LogP contribution in [0.2, 0.25) is 0 Å². The minimum Gasteiger partial charge on any atom is -0.508 e. The van der Waals surface area contributed by atoms with Gasteiger partial charge in [0.2, 0.25) is 0 Å². The van der Waals surface area contributed by atoms with Crippen molar-refractivity contribution in [3.63, 3.8) is 0 Å². The van der Waals surface area contributed by atoms with Crippen LogP contribution >= 0.6 is 0 Å². The van der Waals surface area contributed by atoms with E-state index in [0.717, 1.165) is 35.1 Å². The minimum absolute atomic E-state index is 0.0701. The predicted octanol–water partition coefficient (Wildman–Crippen LogP) is 3.81. The van der Waals surface area contributed by atoms with Gasteiger partial charge in [-0.3, -0.25) is 4.90 Å². The van der Waals surface area contributed by atoms with Crippen LogP contribution in [0.15, 0.2) is 51.7 Å². The largest absolute Gasteiger partial charge is 0.508 e. The zero-order chi connectivity index (χ0) is 22.0. The lowest BCUT2D eigenvalue weighted by atomic mass is 9.96. The highest BCUT2D eigenvalue weighted by atomic mass is 16.5. The van der Waals surface area contributed by atoms with Crippen LogP contribution in [0.1, 0.15) is 17.5 Å². The molecule has 4 rings (SSSR count). The summed E-state index contributed by atoms with van der Waals surface area (Å²) in [5, 5.41) is 10.5. The van der Waals surface area contributed by atoms with E-state index in [1.165, 1.54) is 12.1 Å². The molecule has 0 bridgehead atoms. The molecular formula is C24H25NO6. The monoisotopic (exact) mass is 423 g/mol. The number of phenolic OH excluding ortho intramolecular Hbond substituents is 1. The highest BCUT2D eigenvalue weighted by Crippen LogP contribution is 2.41. The number of ether oxygens (including phenoxy) is 3. The number of benzene rings is 2. The Kier molecular flexibility index (Phi) is 5.86. The van der Waals surface area contributed by atoms with Crippen LogP contribution in [-0.4, -0.2) is 44.4 Å². The minimum atomic E-state index is -0.422. The number of nitrogens with zero attached hydrogens (tertiary/aromatic N) is 1. The van der Waals surface area contributed by atoms with Gasteiger partial charge >= 0.3 is 5.63 Å². The van der Waals surface area contributed by atoms with Gasteiger partial charge in [-0.15, -0.1) is 0 Å². The summed E-state index contributed by atoms with van der Waals surface area (Å²) in [6.07, 6.45) is 2.97. The van der Waals surface area contributed by atoms with Gasteiger partial charge in [-0.05, 0) is 29.7 Å². The van der Waals surface area contributed by atoms with E-state index in [0.29, 0.717) is 35.9 Å². The highest BCUT2D eigenvalue weighted by Gasteiger charge is 2.21. The number of phenols is 1. The summed E-state index contributed by atoms with van der Waals surface area (Å²) in [5.74, 6) is 2.17. The molecule has 0 unspecified atom stereocenters. The van der Waals surface area contributed by atoms with Crippen LogP contribution in [0.5, 0.6) is 23.0 Å². The van der Waals surface area contributed by atoms with Crippen molar-refractivity contribution < 1.29 is 23.7 Å². The molecule has 7 nitrogen and oxygen atoms in total. The van der Waals surface area contributed by atoms with Gasteiger partial charge in [-0.1, -0.05) is 6.08 Å². The molecule has 1 aromatic heterocycles. The molecule has 1 aliphatic heterocycles. The first kappa shape index (κ1) is 20.8. The van der Waals surface area contributed by atoms with Gasteiger partial charge in [0, 0.05) is 49.3 Å². The Labute approximate surface area is 180 Å². The Morgan fingerprint density at radius 1 is 1.03 bits per heavy atom. The summed E-state index contributed by atoms with van der Waals surface area (Å²) in [5.41, 5.74) is 2.93. The van der Waals surface area contributed by atoms with Gasteiger partial charge in [0.15, 0.2) is 0 Å². The Morgan fingerprint density at radius 2 is 1.77 bits per heavy atom. The molecule has 1 N–H and O–H groups in total. The molecule has 0 atom stereocenters. The third-order valence-corrected chi connectivity index (χ3v) is 5.54. The summed E-state index contributed by atoms with van der Waals surface area (Å²) in [4.78, 5) is 14.2. The maximum atomic E-state index is 12.0. The fraction of sp³-hybridized carbons (Fsp3) is 0.292.